The van der Waals surface area contributed by atoms with Crippen molar-refractivity contribution in [3.8, 4) is 0 Å². The summed E-state index contributed by atoms with van der Waals surface area (Å²) < 4.78 is 24.6. The van der Waals surface area contributed by atoms with E-state index in [0.717, 1.165) is 19.3 Å². The lowest BCUT2D eigenvalue weighted by molar-refractivity contribution is 0.434. The molecular weight excluding hydrogens is 262 g/mol. The summed E-state index contributed by atoms with van der Waals surface area (Å²) >= 11 is 0. The normalized spacial score (nSPS) is 17.4. The Labute approximate surface area is 106 Å². The predicted octanol–water partition coefficient (Wildman–Crippen LogP) is 2.23. The summed E-state index contributed by atoms with van der Waals surface area (Å²) in [6.45, 7) is 6.10. The maximum absolute atomic E-state index is 11.5. The van der Waals surface area contributed by atoms with E-state index in [1.807, 2.05) is 20.8 Å². The second kappa shape index (κ2) is 3.95. The molecule has 1 fully saturated rings. The van der Waals surface area contributed by atoms with Gasteiger partial charge in [0.2, 0.25) is 0 Å². The summed E-state index contributed by atoms with van der Waals surface area (Å²) in [5.74, 6) is 0.710. The molecule has 1 aromatic rings. The van der Waals surface area contributed by atoms with E-state index in [-0.39, 0.29) is 16.6 Å². The van der Waals surface area contributed by atoms with Crippen molar-refractivity contribution < 1.29 is 8.42 Å². The standard InChI is InChI=1S/C10H16ClN3O2S/c1-4-10(2,3)8-12-13-9(17(11,15)16)14(8)7-5-6-7/h7H,4-6H2,1-3H3. The third-order valence-electron chi connectivity index (χ3n) is 3.28. The van der Waals surface area contributed by atoms with Crippen molar-refractivity contribution >= 4 is 19.7 Å². The molecule has 2 rings (SSSR count). The Balaban J connectivity index is 2.59. The van der Waals surface area contributed by atoms with Crippen molar-refractivity contribution in [3.63, 3.8) is 0 Å². The van der Waals surface area contributed by atoms with Crippen molar-refractivity contribution in [1.29, 1.82) is 0 Å². The minimum absolute atomic E-state index is 0.113. The fourth-order valence-corrected chi connectivity index (χ4v) is 2.65. The quantitative estimate of drug-likeness (QED) is 0.792. The molecule has 0 aromatic carbocycles. The molecule has 1 aromatic heterocycles. The molecule has 0 amide bonds. The van der Waals surface area contributed by atoms with Gasteiger partial charge in [0.25, 0.3) is 14.2 Å². The first-order chi connectivity index (χ1) is 7.77. The molecule has 0 bridgehead atoms. The van der Waals surface area contributed by atoms with E-state index in [2.05, 4.69) is 10.2 Å². The molecule has 1 aliphatic carbocycles. The van der Waals surface area contributed by atoms with E-state index in [1.54, 1.807) is 4.57 Å². The van der Waals surface area contributed by atoms with E-state index in [0.29, 0.717) is 5.82 Å². The van der Waals surface area contributed by atoms with Crippen molar-refractivity contribution in [2.75, 3.05) is 0 Å². The van der Waals surface area contributed by atoms with Crippen LogP contribution in [0.3, 0.4) is 0 Å². The van der Waals surface area contributed by atoms with Gasteiger partial charge in [0.15, 0.2) is 0 Å². The topological polar surface area (TPSA) is 64.8 Å². The van der Waals surface area contributed by atoms with E-state index in [4.69, 9.17) is 10.7 Å². The highest BCUT2D eigenvalue weighted by Crippen LogP contribution is 2.41. The number of nitrogens with zero attached hydrogens (tertiary/aromatic N) is 3. The van der Waals surface area contributed by atoms with Crippen molar-refractivity contribution in [2.24, 2.45) is 0 Å². The second-order valence-electron chi connectivity index (χ2n) is 5.08. The smallest absolute Gasteiger partial charge is 0.296 e. The molecule has 7 heteroatoms. The second-order valence-corrected chi connectivity index (χ2v) is 7.54. The van der Waals surface area contributed by atoms with E-state index >= 15 is 0 Å². The maximum atomic E-state index is 11.5. The largest absolute Gasteiger partial charge is 0.297 e. The molecule has 0 unspecified atom stereocenters. The molecule has 0 radical (unpaired) electrons. The predicted molar refractivity (Wildman–Crippen MR) is 64.6 cm³/mol. The third-order valence-corrected chi connectivity index (χ3v) is 4.41. The Morgan fingerprint density at radius 2 is 2.00 bits per heavy atom. The van der Waals surface area contributed by atoms with Crippen LogP contribution in [-0.2, 0) is 14.5 Å². The van der Waals surface area contributed by atoms with Gasteiger partial charge in [0.05, 0.1) is 0 Å². The van der Waals surface area contributed by atoms with Gasteiger partial charge < -0.3 is 0 Å². The van der Waals surface area contributed by atoms with Crippen LogP contribution in [0.2, 0.25) is 0 Å². The van der Waals surface area contributed by atoms with Gasteiger partial charge in [-0.2, -0.15) is 0 Å². The van der Waals surface area contributed by atoms with Crippen LogP contribution in [0.25, 0.3) is 0 Å². The molecule has 0 saturated heterocycles. The molecule has 17 heavy (non-hydrogen) atoms. The molecule has 96 valence electrons. The number of rotatable bonds is 4. The zero-order valence-electron chi connectivity index (χ0n) is 10.1. The Hall–Kier alpha value is -0.620. The first kappa shape index (κ1) is 12.8. The fraction of sp³-hybridized carbons (Fsp3) is 0.800. The summed E-state index contributed by atoms with van der Waals surface area (Å²) in [6.07, 6.45) is 2.79. The average Bonchev–Trinajstić information content (AvgIpc) is 2.94. The van der Waals surface area contributed by atoms with Crippen LogP contribution in [0.1, 0.15) is 51.9 Å². The van der Waals surface area contributed by atoms with Gasteiger partial charge in [-0.1, -0.05) is 20.8 Å². The molecule has 0 aliphatic heterocycles. The van der Waals surface area contributed by atoms with Crippen LogP contribution in [0.5, 0.6) is 0 Å². The van der Waals surface area contributed by atoms with Crippen LogP contribution in [0.4, 0.5) is 0 Å². The summed E-state index contributed by atoms with van der Waals surface area (Å²) in [6, 6.07) is 0.189. The van der Waals surface area contributed by atoms with E-state index in [1.165, 1.54) is 0 Å². The summed E-state index contributed by atoms with van der Waals surface area (Å²) in [5.41, 5.74) is -0.199. The Bertz CT molecular complexity index is 532. The minimum Gasteiger partial charge on any atom is -0.297 e. The summed E-state index contributed by atoms with van der Waals surface area (Å²) in [4.78, 5) is 0. The monoisotopic (exact) mass is 277 g/mol. The SMILES string of the molecule is CCC(C)(C)c1nnc(S(=O)(=O)Cl)n1C1CC1. The van der Waals surface area contributed by atoms with Gasteiger partial charge in [0, 0.05) is 22.1 Å². The Kier molecular flexibility index (Phi) is 2.98. The molecular formula is C10H16ClN3O2S. The van der Waals surface area contributed by atoms with Gasteiger partial charge in [-0.15, -0.1) is 10.2 Å². The van der Waals surface area contributed by atoms with Crippen LogP contribution in [0, 0.1) is 0 Å². The third kappa shape index (κ3) is 2.33. The number of aromatic nitrogens is 3. The Morgan fingerprint density at radius 3 is 2.41 bits per heavy atom. The number of hydrogen-bond acceptors (Lipinski definition) is 4. The summed E-state index contributed by atoms with van der Waals surface area (Å²) in [7, 11) is 1.57. The van der Waals surface area contributed by atoms with Crippen LogP contribution >= 0.6 is 10.7 Å². The first-order valence-corrected chi connectivity index (χ1v) is 7.98. The van der Waals surface area contributed by atoms with Gasteiger partial charge in [-0.25, -0.2) is 8.42 Å². The zero-order chi connectivity index (χ0) is 12.8. The number of halogens is 1. The van der Waals surface area contributed by atoms with Crippen LogP contribution in [-0.4, -0.2) is 23.2 Å². The first-order valence-electron chi connectivity index (χ1n) is 5.67. The zero-order valence-corrected chi connectivity index (χ0v) is 11.7. The summed E-state index contributed by atoms with van der Waals surface area (Å²) in [5, 5.41) is 7.68. The lowest BCUT2D eigenvalue weighted by Crippen LogP contribution is -2.22. The van der Waals surface area contributed by atoms with Gasteiger partial charge in [0.1, 0.15) is 5.82 Å². The highest BCUT2D eigenvalue weighted by molar-refractivity contribution is 8.13. The number of hydrogen-bond donors (Lipinski definition) is 0. The molecule has 0 atom stereocenters. The molecule has 0 spiro atoms. The molecule has 5 nitrogen and oxygen atoms in total. The average molecular weight is 278 g/mol. The van der Waals surface area contributed by atoms with E-state index in [9.17, 15) is 8.42 Å². The fourth-order valence-electron chi connectivity index (χ4n) is 1.72. The molecule has 1 aliphatic rings. The molecule has 0 N–H and O–H groups in total. The van der Waals surface area contributed by atoms with Crippen molar-refractivity contribution in [3.05, 3.63) is 5.82 Å². The highest BCUT2D eigenvalue weighted by atomic mass is 35.7. The van der Waals surface area contributed by atoms with E-state index < -0.39 is 9.05 Å². The molecule has 1 heterocycles. The van der Waals surface area contributed by atoms with Crippen molar-refractivity contribution in [1.82, 2.24) is 14.8 Å². The maximum Gasteiger partial charge on any atom is 0.296 e. The van der Waals surface area contributed by atoms with Gasteiger partial charge in [-0.05, 0) is 19.3 Å². The highest BCUT2D eigenvalue weighted by Gasteiger charge is 2.37. The van der Waals surface area contributed by atoms with Crippen molar-refractivity contribution in [2.45, 2.75) is 56.6 Å². The van der Waals surface area contributed by atoms with Crippen LogP contribution in [0.15, 0.2) is 5.16 Å². The lowest BCUT2D eigenvalue weighted by Gasteiger charge is -2.22. The lowest BCUT2D eigenvalue weighted by atomic mass is 9.89. The van der Waals surface area contributed by atoms with Gasteiger partial charge >= 0.3 is 0 Å². The Morgan fingerprint density at radius 1 is 1.41 bits per heavy atom. The molecule has 1 saturated carbocycles. The van der Waals surface area contributed by atoms with Gasteiger partial charge in [-0.3, -0.25) is 4.57 Å². The minimum atomic E-state index is -3.82. The van der Waals surface area contributed by atoms with Crippen LogP contribution < -0.4 is 0 Å².